The molecule has 120 valence electrons. The van der Waals surface area contributed by atoms with Gasteiger partial charge in [-0.25, -0.2) is 0 Å². The molecule has 2 aliphatic heterocycles. The van der Waals surface area contributed by atoms with Gasteiger partial charge in [-0.05, 0) is 31.2 Å². The van der Waals surface area contributed by atoms with E-state index in [4.69, 9.17) is 9.47 Å². The van der Waals surface area contributed by atoms with Gasteiger partial charge in [-0.2, -0.15) is 0 Å². The van der Waals surface area contributed by atoms with Crippen LogP contribution in [0.1, 0.15) is 31.7 Å². The van der Waals surface area contributed by atoms with Gasteiger partial charge in [0.05, 0.1) is 19.8 Å². The molecule has 2 aliphatic rings. The monoisotopic (exact) mass is 303 g/mol. The lowest BCUT2D eigenvalue weighted by Crippen LogP contribution is -2.56. The van der Waals surface area contributed by atoms with Crippen LogP contribution >= 0.6 is 0 Å². The molecular formula is C18H25NO3. The average Bonchev–Trinajstić information content (AvgIpc) is 2.49. The van der Waals surface area contributed by atoms with Crippen LogP contribution in [0.2, 0.25) is 0 Å². The molecule has 2 fully saturated rings. The molecule has 2 heterocycles. The van der Waals surface area contributed by atoms with E-state index in [9.17, 15) is 4.79 Å². The highest BCUT2D eigenvalue weighted by molar-refractivity contribution is 5.69. The molecule has 0 aliphatic carbocycles. The molecule has 0 spiro atoms. The minimum atomic E-state index is -0.0528. The molecule has 3 rings (SSSR count). The number of rotatable bonds is 5. The van der Waals surface area contributed by atoms with Crippen molar-refractivity contribution in [3.63, 3.8) is 0 Å². The standard InChI is InChI=1S/C18H25NO3/c1-2-22-18(20)10-15-8-16-12-21-13-17(9-15)19(16)11-14-6-4-3-5-7-14/h3-7,15-17H,2,8-13H2,1H3. The van der Waals surface area contributed by atoms with Crippen molar-refractivity contribution in [2.75, 3.05) is 19.8 Å². The maximum atomic E-state index is 11.7. The predicted molar refractivity (Wildman–Crippen MR) is 84.4 cm³/mol. The fourth-order valence-corrected chi connectivity index (χ4v) is 3.78. The third kappa shape index (κ3) is 3.68. The highest BCUT2D eigenvalue weighted by atomic mass is 16.5. The van der Waals surface area contributed by atoms with Crippen LogP contribution in [0.3, 0.4) is 0 Å². The summed E-state index contributed by atoms with van der Waals surface area (Å²) in [7, 11) is 0. The first-order valence-electron chi connectivity index (χ1n) is 8.29. The lowest BCUT2D eigenvalue weighted by atomic mass is 9.83. The largest absolute Gasteiger partial charge is 0.466 e. The summed E-state index contributed by atoms with van der Waals surface area (Å²) < 4.78 is 10.9. The first-order chi connectivity index (χ1) is 10.8. The number of carbonyl (C=O) groups excluding carboxylic acids is 1. The van der Waals surface area contributed by atoms with Crippen molar-refractivity contribution in [3.8, 4) is 0 Å². The third-order valence-electron chi connectivity index (χ3n) is 4.74. The number of morpholine rings is 1. The van der Waals surface area contributed by atoms with Gasteiger partial charge in [-0.15, -0.1) is 0 Å². The SMILES string of the molecule is CCOC(=O)CC1CC2COCC(C1)N2Cc1ccccc1. The van der Waals surface area contributed by atoms with Crippen LogP contribution in [0.5, 0.6) is 0 Å². The first kappa shape index (κ1) is 15.5. The Morgan fingerprint density at radius 3 is 2.55 bits per heavy atom. The molecule has 22 heavy (non-hydrogen) atoms. The topological polar surface area (TPSA) is 38.8 Å². The Balaban J connectivity index is 1.62. The normalized spacial score (nSPS) is 28.3. The molecule has 1 aromatic carbocycles. The zero-order chi connectivity index (χ0) is 15.4. The Labute approximate surface area is 132 Å². The third-order valence-corrected chi connectivity index (χ3v) is 4.74. The Morgan fingerprint density at radius 2 is 1.91 bits per heavy atom. The molecule has 1 aromatic rings. The molecule has 0 saturated carbocycles. The van der Waals surface area contributed by atoms with E-state index < -0.39 is 0 Å². The fraction of sp³-hybridized carbons (Fsp3) is 0.611. The van der Waals surface area contributed by atoms with Crippen molar-refractivity contribution in [1.82, 2.24) is 4.90 Å². The van der Waals surface area contributed by atoms with Crippen molar-refractivity contribution in [2.45, 2.75) is 44.8 Å². The second-order valence-electron chi connectivity index (χ2n) is 6.35. The van der Waals surface area contributed by atoms with Crippen molar-refractivity contribution >= 4 is 5.97 Å². The van der Waals surface area contributed by atoms with Gasteiger partial charge in [0.25, 0.3) is 0 Å². The summed E-state index contributed by atoms with van der Waals surface area (Å²) in [6.45, 7) is 4.88. The van der Waals surface area contributed by atoms with Gasteiger partial charge in [-0.3, -0.25) is 9.69 Å². The van der Waals surface area contributed by atoms with Crippen molar-refractivity contribution in [1.29, 1.82) is 0 Å². The van der Waals surface area contributed by atoms with Crippen molar-refractivity contribution < 1.29 is 14.3 Å². The summed E-state index contributed by atoms with van der Waals surface area (Å²) in [4.78, 5) is 14.3. The van der Waals surface area contributed by atoms with Crippen LogP contribution in [0.25, 0.3) is 0 Å². The molecule has 4 nitrogen and oxygen atoms in total. The lowest BCUT2D eigenvalue weighted by molar-refractivity contribution is -0.146. The Hall–Kier alpha value is -1.39. The Morgan fingerprint density at radius 1 is 1.23 bits per heavy atom. The quantitative estimate of drug-likeness (QED) is 0.784. The van der Waals surface area contributed by atoms with E-state index in [2.05, 4.69) is 35.2 Å². The van der Waals surface area contributed by atoms with Crippen LogP contribution < -0.4 is 0 Å². The maximum absolute atomic E-state index is 11.7. The smallest absolute Gasteiger partial charge is 0.306 e. The zero-order valence-corrected chi connectivity index (χ0v) is 13.2. The van der Waals surface area contributed by atoms with Crippen LogP contribution in [0, 0.1) is 5.92 Å². The summed E-state index contributed by atoms with van der Waals surface area (Å²) in [5, 5.41) is 0. The van der Waals surface area contributed by atoms with Crippen molar-refractivity contribution in [2.24, 2.45) is 5.92 Å². The summed E-state index contributed by atoms with van der Waals surface area (Å²) in [6, 6.07) is 11.4. The lowest BCUT2D eigenvalue weighted by Gasteiger charge is -2.48. The molecule has 0 amide bonds. The van der Waals surface area contributed by atoms with Gasteiger partial charge in [-0.1, -0.05) is 30.3 Å². The second kappa shape index (κ2) is 7.25. The van der Waals surface area contributed by atoms with Crippen molar-refractivity contribution in [3.05, 3.63) is 35.9 Å². The van der Waals surface area contributed by atoms with Crippen LogP contribution in [-0.2, 0) is 20.8 Å². The number of hydrogen-bond acceptors (Lipinski definition) is 4. The minimum Gasteiger partial charge on any atom is -0.466 e. The fourth-order valence-electron chi connectivity index (χ4n) is 3.78. The number of fused-ring (bicyclic) bond motifs is 2. The summed E-state index contributed by atoms with van der Waals surface area (Å²) in [6.07, 6.45) is 2.62. The summed E-state index contributed by atoms with van der Waals surface area (Å²) >= 11 is 0. The number of ether oxygens (including phenoxy) is 2. The van der Waals surface area contributed by atoms with Gasteiger partial charge in [0.1, 0.15) is 0 Å². The zero-order valence-electron chi connectivity index (χ0n) is 13.2. The number of piperidine rings is 1. The number of benzene rings is 1. The molecule has 2 unspecified atom stereocenters. The Kier molecular flexibility index (Phi) is 5.11. The van der Waals surface area contributed by atoms with E-state index in [0.29, 0.717) is 31.0 Å². The van der Waals surface area contributed by atoms with E-state index in [1.807, 2.05) is 6.92 Å². The number of esters is 1. The maximum Gasteiger partial charge on any atom is 0.306 e. The molecule has 2 saturated heterocycles. The van der Waals surface area contributed by atoms with E-state index in [1.54, 1.807) is 0 Å². The predicted octanol–water partition coefficient (Wildman–Crippen LogP) is 2.62. The molecule has 0 radical (unpaired) electrons. The molecule has 4 heteroatoms. The molecule has 2 atom stereocenters. The average molecular weight is 303 g/mol. The number of nitrogens with zero attached hydrogens (tertiary/aromatic N) is 1. The molecule has 0 N–H and O–H groups in total. The van der Waals surface area contributed by atoms with Gasteiger partial charge in [0.2, 0.25) is 0 Å². The van der Waals surface area contributed by atoms with Gasteiger partial charge >= 0.3 is 5.97 Å². The number of carbonyl (C=O) groups is 1. The van der Waals surface area contributed by atoms with E-state index in [0.717, 1.165) is 32.6 Å². The molecular weight excluding hydrogens is 278 g/mol. The van der Waals surface area contributed by atoms with E-state index in [-0.39, 0.29) is 5.97 Å². The molecule has 2 bridgehead atoms. The summed E-state index contributed by atoms with van der Waals surface area (Å²) in [5.74, 6) is 0.382. The van der Waals surface area contributed by atoms with Crippen LogP contribution in [-0.4, -0.2) is 42.8 Å². The summed E-state index contributed by atoms with van der Waals surface area (Å²) in [5.41, 5.74) is 1.35. The van der Waals surface area contributed by atoms with E-state index in [1.165, 1.54) is 5.56 Å². The first-order valence-corrected chi connectivity index (χ1v) is 8.29. The van der Waals surface area contributed by atoms with Crippen LogP contribution in [0.4, 0.5) is 0 Å². The van der Waals surface area contributed by atoms with Gasteiger partial charge in [0.15, 0.2) is 0 Å². The Bertz CT molecular complexity index is 476. The van der Waals surface area contributed by atoms with Gasteiger partial charge in [0, 0.05) is 25.0 Å². The molecule has 0 aromatic heterocycles. The van der Waals surface area contributed by atoms with Crippen LogP contribution in [0.15, 0.2) is 30.3 Å². The highest BCUT2D eigenvalue weighted by Gasteiger charge is 2.39. The second-order valence-corrected chi connectivity index (χ2v) is 6.35. The highest BCUT2D eigenvalue weighted by Crippen LogP contribution is 2.34. The number of hydrogen-bond donors (Lipinski definition) is 0. The van der Waals surface area contributed by atoms with E-state index >= 15 is 0 Å². The minimum absolute atomic E-state index is 0.0528. The van der Waals surface area contributed by atoms with Gasteiger partial charge < -0.3 is 9.47 Å².